The minimum atomic E-state index is 0.00476. The zero-order valence-electron chi connectivity index (χ0n) is 15.7. The number of piperidine rings is 1. The highest BCUT2D eigenvalue weighted by atomic mass is 16.1. The molecule has 1 fully saturated rings. The van der Waals surface area contributed by atoms with Gasteiger partial charge in [0.1, 0.15) is 11.8 Å². The molecule has 3 rings (SSSR count). The van der Waals surface area contributed by atoms with Gasteiger partial charge in [0.2, 0.25) is 5.91 Å². The first-order valence-electron chi connectivity index (χ1n) is 9.62. The molecule has 8 nitrogen and oxygen atoms in total. The molecule has 2 aromatic rings. The third-order valence-corrected chi connectivity index (χ3v) is 5.14. The summed E-state index contributed by atoms with van der Waals surface area (Å²) in [5.74, 6) is 1.00. The molecule has 8 heteroatoms. The normalized spacial score (nSPS) is 17.8. The van der Waals surface area contributed by atoms with Crippen molar-refractivity contribution in [2.45, 2.75) is 33.1 Å². The average Bonchev–Trinajstić information content (AvgIpc) is 3.17. The first kappa shape index (κ1) is 18.6. The van der Waals surface area contributed by atoms with Crippen LogP contribution in [0.2, 0.25) is 0 Å². The molecular weight excluding hydrogens is 330 g/mol. The lowest BCUT2D eigenvalue weighted by Gasteiger charge is -2.33. The fraction of sp³-hybridized carbons (Fsp3) is 0.667. The summed E-state index contributed by atoms with van der Waals surface area (Å²) in [6, 6.07) is 0. The predicted molar refractivity (Wildman–Crippen MR) is 102 cm³/mol. The van der Waals surface area contributed by atoms with Gasteiger partial charge in [0.25, 0.3) is 0 Å². The van der Waals surface area contributed by atoms with E-state index in [9.17, 15) is 4.79 Å². The van der Waals surface area contributed by atoms with E-state index in [1.54, 1.807) is 6.33 Å². The van der Waals surface area contributed by atoms with Gasteiger partial charge >= 0.3 is 0 Å². The lowest BCUT2D eigenvalue weighted by molar-refractivity contribution is -0.125. The molecule has 0 spiro atoms. The molecule has 142 valence electrons. The molecule has 1 amide bonds. The van der Waals surface area contributed by atoms with Gasteiger partial charge in [0.05, 0.1) is 12.2 Å². The molecule has 1 atom stereocenters. The van der Waals surface area contributed by atoms with Gasteiger partial charge in [-0.15, -0.1) is 0 Å². The smallest absolute Gasteiger partial charge is 0.224 e. The van der Waals surface area contributed by atoms with E-state index in [2.05, 4.69) is 48.9 Å². The van der Waals surface area contributed by atoms with Crippen LogP contribution in [0, 0.1) is 5.92 Å². The highest BCUT2D eigenvalue weighted by Crippen LogP contribution is 2.25. The van der Waals surface area contributed by atoms with Crippen LogP contribution in [0.4, 0.5) is 5.82 Å². The Balaban J connectivity index is 1.53. The van der Waals surface area contributed by atoms with E-state index in [0.717, 1.165) is 63.3 Å². The van der Waals surface area contributed by atoms with Crippen LogP contribution in [0.5, 0.6) is 0 Å². The van der Waals surface area contributed by atoms with E-state index >= 15 is 0 Å². The number of amides is 1. The number of nitrogens with one attached hydrogen (secondary N) is 2. The first-order chi connectivity index (χ1) is 12.7. The van der Waals surface area contributed by atoms with Gasteiger partial charge in [-0.2, -0.15) is 0 Å². The fourth-order valence-electron chi connectivity index (χ4n) is 3.57. The Hall–Kier alpha value is -2.22. The molecule has 2 N–H and O–H groups in total. The highest BCUT2D eigenvalue weighted by Gasteiger charge is 2.27. The maximum atomic E-state index is 12.6. The zero-order chi connectivity index (χ0) is 18.4. The Morgan fingerprint density at radius 2 is 2.19 bits per heavy atom. The molecule has 0 saturated carbocycles. The van der Waals surface area contributed by atoms with Crippen LogP contribution in [0.15, 0.2) is 12.7 Å². The minimum absolute atomic E-state index is 0.00476. The summed E-state index contributed by atoms with van der Waals surface area (Å²) in [7, 11) is 0. The quantitative estimate of drug-likeness (QED) is 0.693. The Morgan fingerprint density at radius 3 is 3.00 bits per heavy atom. The molecule has 1 aliphatic rings. The molecule has 0 aliphatic carbocycles. The number of rotatable bonds is 8. The van der Waals surface area contributed by atoms with E-state index in [0.29, 0.717) is 12.2 Å². The number of aromatic amines is 1. The molecule has 2 aromatic heterocycles. The molecular formula is C18H29N7O. The lowest BCUT2D eigenvalue weighted by Crippen LogP contribution is -2.44. The van der Waals surface area contributed by atoms with Crippen molar-refractivity contribution < 1.29 is 4.79 Å². The molecule has 1 saturated heterocycles. The van der Waals surface area contributed by atoms with E-state index in [1.807, 2.05) is 0 Å². The molecule has 0 aromatic carbocycles. The molecule has 26 heavy (non-hydrogen) atoms. The Bertz CT molecular complexity index is 712. The largest absolute Gasteiger partial charge is 0.356 e. The number of fused-ring (bicyclic) bond motifs is 1. The summed E-state index contributed by atoms with van der Waals surface area (Å²) in [5, 5.41) is 3.11. The van der Waals surface area contributed by atoms with Crippen molar-refractivity contribution in [1.82, 2.24) is 30.2 Å². The standard InChI is InChI=1S/C18H29N7O/c1-3-24(4-2)9-6-8-19-18(26)14-7-5-10-25(11-14)17-15-16(21-12-20-15)22-13-23-17/h12-14H,3-11H2,1-2H3,(H,19,26)(H,20,21,22,23)/t14-/m1/s1. The number of hydrogen-bond acceptors (Lipinski definition) is 6. The summed E-state index contributed by atoms with van der Waals surface area (Å²) in [4.78, 5) is 33.0. The highest BCUT2D eigenvalue weighted by molar-refractivity contribution is 5.84. The first-order valence-corrected chi connectivity index (χ1v) is 9.62. The fourth-order valence-corrected chi connectivity index (χ4v) is 3.57. The maximum Gasteiger partial charge on any atom is 0.224 e. The Labute approximate surface area is 154 Å². The number of nitrogens with zero attached hydrogens (tertiary/aromatic N) is 5. The van der Waals surface area contributed by atoms with Gasteiger partial charge in [-0.3, -0.25) is 4.79 Å². The lowest BCUT2D eigenvalue weighted by atomic mass is 9.97. The number of carbonyl (C=O) groups excluding carboxylic acids is 1. The van der Waals surface area contributed by atoms with Crippen LogP contribution in [0.1, 0.15) is 33.1 Å². The van der Waals surface area contributed by atoms with E-state index < -0.39 is 0 Å². The van der Waals surface area contributed by atoms with Crippen LogP contribution >= 0.6 is 0 Å². The average molecular weight is 359 g/mol. The van der Waals surface area contributed by atoms with Crippen molar-refractivity contribution in [2.24, 2.45) is 5.92 Å². The minimum Gasteiger partial charge on any atom is -0.356 e. The van der Waals surface area contributed by atoms with E-state index in [1.165, 1.54) is 6.33 Å². The van der Waals surface area contributed by atoms with Crippen molar-refractivity contribution in [3.63, 3.8) is 0 Å². The monoisotopic (exact) mass is 359 g/mol. The summed E-state index contributed by atoms with van der Waals surface area (Å²) < 4.78 is 0. The van der Waals surface area contributed by atoms with Crippen LogP contribution in [0.25, 0.3) is 11.2 Å². The number of anilines is 1. The third-order valence-electron chi connectivity index (χ3n) is 5.14. The van der Waals surface area contributed by atoms with Gasteiger partial charge in [-0.1, -0.05) is 13.8 Å². The maximum absolute atomic E-state index is 12.6. The molecule has 1 aliphatic heterocycles. The Morgan fingerprint density at radius 1 is 1.35 bits per heavy atom. The molecule has 3 heterocycles. The number of H-pyrrole nitrogens is 1. The number of aromatic nitrogens is 4. The van der Waals surface area contributed by atoms with Gasteiger partial charge < -0.3 is 20.1 Å². The van der Waals surface area contributed by atoms with Crippen molar-refractivity contribution >= 4 is 22.9 Å². The third kappa shape index (κ3) is 4.30. The van der Waals surface area contributed by atoms with Gasteiger partial charge in [0.15, 0.2) is 11.5 Å². The number of imidazole rings is 1. The number of hydrogen-bond donors (Lipinski definition) is 2. The predicted octanol–water partition coefficient (Wildman–Crippen LogP) is 1.42. The van der Waals surface area contributed by atoms with Crippen LogP contribution in [-0.2, 0) is 4.79 Å². The van der Waals surface area contributed by atoms with Crippen molar-refractivity contribution in [1.29, 1.82) is 0 Å². The van der Waals surface area contributed by atoms with Crippen LogP contribution in [-0.4, -0.2) is 70.0 Å². The molecule has 0 radical (unpaired) electrons. The van der Waals surface area contributed by atoms with Crippen LogP contribution < -0.4 is 10.2 Å². The topological polar surface area (TPSA) is 90.0 Å². The second kappa shape index (κ2) is 8.93. The SMILES string of the molecule is CCN(CC)CCCNC(=O)[C@@H]1CCCN(c2ncnc3nc[nH]c23)C1. The van der Waals surface area contributed by atoms with E-state index in [4.69, 9.17) is 0 Å². The second-order valence-electron chi connectivity index (χ2n) is 6.76. The van der Waals surface area contributed by atoms with Crippen molar-refractivity contribution in [3.8, 4) is 0 Å². The molecule has 0 unspecified atom stereocenters. The van der Waals surface area contributed by atoms with Gasteiger partial charge in [0, 0.05) is 19.6 Å². The van der Waals surface area contributed by atoms with Crippen molar-refractivity contribution in [3.05, 3.63) is 12.7 Å². The Kier molecular flexibility index (Phi) is 6.38. The second-order valence-corrected chi connectivity index (χ2v) is 6.76. The summed E-state index contributed by atoms with van der Waals surface area (Å²) in [5.41, 5.74) is 1.51. The van der Waals surface area contributed by atoms with E-state index in [-0.39, 0.29) is 11.8 Å². The zero-order valence-corrected chi connectivity index (χ0v) is 15.7. The summed E-state index contributed by atoms with van der Waals surface area (Å²) >= 11 is 0. The summed E-state index contributed by atoms with van der Waals surface area (Å²) in [6.07, 6.45) is 6.07. The van der Waals surface area contributed by atoms with Gasteiger partial charge in [-0.25, -0.2) is 15.0 Å². The molecule has 0 bridgehead atoms. The summed E-state index contributed by atoms with van der Waals surface area (Å²) in [6.45, 7) is 9.81. The number of carbonyl (C=O) groups is 1. The van der Waals surface area contributed by atoms with Crippen LogP contribution in [0.3, 0.4) is 0 Å². The van der Waals surface area contributed by atoms with Gasteiger partial charge in [-0.05, 0) is 38.9 Å². The van der Waals surface area contributed by atoms with Crippen molar-refractivity contribution in [2.75, 3.05) is 44.2 Å².